The van der Waals surface area contributed by atoms with Crippen LogP contribution in [0.1, 0.15) is 24.2 Å². The van der Waals surface area contributed by atoms with Gasteiger partial charge in [0.1, 0.15) is 5.82 Å². The lowest BCUT2D eigenvalue weighted by Gasteiger charge is -2.36. The summed E-state index contributed by atoms with van der Waals surface area (Å²) in [5.41, 5.74) is 1.89. The van der Waals surface area contributed by atoms with E-state index in [9.17, 15) is 9.18 Å². The monoisotopic (exact) mass is 334 g/mol. The number of nitrogens with one attached hydrogen (secondary N) is 2. The number of benzene rings is 1. The Morgan fingerprint density at radius 1 is 1.57 bits per heavy atom. The van der Waals surface area contributed by atoms with E-state index in [1.807, 2.05) is 11.4 Å². The third-order valence-electron chi connectivity index (χ3n) is 3.79. The second-order valence-electron chi connectivity index (χ2n) is 5.57. The molecule has 1 amide bonds. The van der Waals surface area contributed by atoms with Gasteiger partial charge in [-0.15, -0.1) is 11.3 Å². The summed E-state index contributed by atoms with van der Waals surface area (Å²) in [6.07, 6.45) is 0. The molecule has 0 radical (unpaired) electrons. The van der Waals surface area contributed by atoms with Crippen molar-refractivity contribution in [1.82, 2.24) is 15.2 Å². The maximum Gasteiger partial charge on any atom is 0.223 e. The smallest absolute Gasteiger partial charge is 0.223 e. The number of aromatic nitrogens is 1. The molecule has 3 rings (SSSR count). The van der Waals surface area contributed by atoms with Gasteiger partial charge in [0.15, 0.2) is 5.13 Å². The molecule has 1 aromatic carbocycles. The first kappa shape index (κ1) is 16.0. The predicted molar refractivity (Wildman–Crippen MR) is 88.8 cm³/mol. The normalized spacial score (nSPS) is 18.8. The molecule has 1 atom stereocenters. The maximum atomic E-state index is 13.5. The predicted octanol–water partition coefficient (Wildman–Crippen LogP) is 2.39. The van der Waals surface area contributed by atoms with Gasteiger partial charge in [-0.05, 0) is 17.7 Å². The van der Waals surface area contributed by atoms with E-state index in [1.165, 1.54) is 24.3 Å². The summed E-state index contributed by atoms with van der Waals surface area (Å²) in [5.74, 6) is -0.333. The second-order valence-corrected chi connectivity index (χ2v) is 6.43. The summed E-state index contributed by atoms with van der Waals surface area (Å²) >= 11 is 1.42. The number of halogens is 1. The number of amides is 1. The molecular formula is C16H19FN4OS. The third-order valence-corrected chi connectivity index (χ3v) is 4.59. The summed E-state index contributed by atoms with van der Waals surface area (Å²) in [7, 11) is 0. The van der Waals surface area contributed by atoms with Gasteiger partial charge >= 0.3 is 0 Å². The van der Waals surface area contributed by atoms with Gasteiger partial charge in [-0.25, -0.2) is 9.37 Å². The van der Waals surface area contributed by atoms with Crippen molar-refractivity contribution in [3.05, 3.63) is 46.7 Å². The fourth-order valence-electron chi connectivity index (χ4n) is 2.77. The first-order valence-electron chi connectivity index (χ1n) is 7.54. The van der Waals surface area contributed by atoms with Crippen molar-refractivity contribution in [3.63, 3.8) is 0 Å². The van der Waals surface area contributed by atoms with Crippen LogP contribution in [0.15, 0.2) is 29.6 Å². The number of rotatable bonds is 4. The Morgan fingerprint density at radius 3 is 3.22 bits per heavy atom. The summed E-state index contributed by atoms with van der Waals surface area (Å²) < 4.78 is 13.5. The molecule has 1 unspecified atom stereocenters. The quantitative estimate of drug-likeness (QED) is 0.901. The second kappa shape index (κ2) is 7.16. The first-order chi connectivity index (χ1) is 11.1. The fraction of sp³-hybridized carbons (Fsp3) is 0.375. The molecule has 0 saturated carbocycles. The number of thiazole rings is 1. The third kappa shape index (κ3) is 4.13. The van der Waals surface area contributed by atoms with Crippen molar-refractivity contribution in [2.24, 2.45) is 0 Å². The number of hydrogen-bond donors (Lipinski definition) is 2. The minimum atomic E-state index is -0.213. The zero-order chi connectivity index (χ0) is 16.2. The van der Waals surface area contributed by atoms with Crippen molar-refractivity contribution < 1.29 is 9.18 Å². The molecule has 7 heteroatoms. The Bertz CT molecular complexity index is 690. The van der Waals surface area contributed by atoms with Crippen LogP contribution in [0.3, 0.4) is 0 Å². The molecule has 122 valence electrons. The Hall–Kier alpha value is -1.83. The molecule has 5 nitrogen and oxygen atoms in total. The number of carbonyl (C=O) groups excluding carboxylic acids is 1. The van der Waals surface area contributed by atoms with Gasteiger partial charge in [-0.2, -0.15) is 0 Å². The molecule has 1 fully saturated rings. The lowest BCUT2D eigenvalue weighted by molar-refractivity contribution is -0.114. The minimum absolute atomic E-state index is 0.116. The largest absolute Gasteiger partial charge is 0.314 e. The molecule has 1 aromatic heterocycles. The summed E-state index contributed by atoms with van der Waals surface area (Å²) in [6.45, 7) is 4.70. The standard InChI is InChI=1S/C16H19FN4OS/c1-11(22)19-16-20-14(10-23-16)9-21-6-5-18-8-15(21)12-3-2-4-13(17)7-12/h2-4,7,10,15,18H,5-6,8-9H2,1H3,(H,19,20,22). The van der Waals surface area contributed by atoms with Crippen molar-refractivity contribution >= 4 is 22.4 Å². The van der Waals surface area contributed by atoms with Crippen LogP contribution in [0.2, 0.25) is 0 Å². The van der Waals surface area contributed by atoms with Crippen molar-refractivity contribution in [2.45, 2.75) is 19.5 Å². The van der Waals surface area contributed by atoms with E-state index in [-0.39, 0.29) is 17.8 Å². The SMILES string of the molecule is CC(=O)Nc1nc(CN2CCNCC2c2cccc(F)c2)cs1. The first-order valence-corrected chi connectivity index (χ1v) is 8.42. The van der Waals surface area contributed by atoms with Crippen molar-refractivity contribution in [2.75, 3.05) is 25.0 Å². The van der Waals surface area contributed by atoms with E-state index < -0.39 is 0 Å². The van der Waals surface area contributed by atoms with E-state index in [2.05, 4.69) is 20.5 Å². The number of hydrogen-bond acceptors (Lipinski definition) is 5. The molecule has 1 aliphatic rings. The average Bonchev–Trinajstić information content (AvgIpc) is 2.94. The molecule has 1 aliphatic heterocycles. The maximum absolute atomic E-state index is 13.5. The van der Waals surface area contributed by atoms with E-state index in [0.717, 1.165) is 30.9 Å². The van der Waals surface area contributed by atoms with Gasteiger partial charge in [0, 0.05) is 44.5 Å². The number of piperazine rings is 1. The van der Waals surface area contributed by atoms with E-state index >= 15 is 0 Å². The van der Waals surface area contributed by atoms with Gasteiger partial charge < -0.3 is 10.6 Å². The summed E-state index contributed by atoms with van der Waals surface area (Å²) in [5, 5.41) is 8.63. The van der Waals surface area contributed by atoms with Gasteiger partial charge in [-0.1, -0.05) is 12.1 Å². The minimum Gasteiger partial charge on any atom is -0.314 e. The topological polar surface area (TPSA) is 57.3 Å². The molecule has 23 heavy (non-hydrogen) atoms. The van der Waals surface area contributed by atoms with Gasteiger partial charge in [0.25, 0.3) is 0 Å². The Balaban J connectivity index is 1.74. The lowest BCUT2D eigenvalue weighted by atomic mass is 10.0. The Kier molecular flexibility index (Phi) is 5.00. The van der Waals surface area contributed by atoms with E-state index in [4.69, 9.17) is 0 Å². The lowest BCUT2D eigenvalue weighted by Crippen LogP contribution is -2.45. The average molecular weight is 334 g/mol. The zero-order valence-electron chi connectivity index (χ0n) is 12.9. The zero-order valence-corrected chi connectivity index (χ0v) is 13.7. The molecule has 0 bridgehead atoms. The molecule has 2 heterocycles. The van der Waals surface area contributed by atoms with Crippen molar-refractivity contribution in [3.8, 4) is 0 Å². The summed E-state index contributed by atoms with van der Waals surface area (Å²) in [4.78, 5) is 17.8. The summed E-state index contributed by atoms with van der Waals surface area (Å²) in [6, 6.07) is 6.87. The highest BCUT2D eigenvalue weighted by molar-refractivity contribution is 7.13. The van der Waals surface area contributed by atoms with Crippen LogP contribution in [-0.2, 0) is 11.3 Å². The van der Waals surface area contributed by atoms with Gasteiger partial charge in [-0.3, -0.25) is 9.69 Å². The van der Waals surface area contributed by atoms with Crippen LogP contribution < -0.4 is 10.6 Å². The molecule has 1 saturated heterocycles. The number of carbonyl (C=O) groups is 1. The van der Waals surface area contributed by atoms with E-state index in [1.54, 1.807) is 12.1 Å². The highest BCUT2D eigenvalue weighted by atomic mass is 32.1. The molecular weight excluding hydrogens is 315 g/mol. The van der Waals surface area contributed by atoms with E-state index in [0.29, 0.717) is 11.7 Å². The van der Waals surface area contributed by atoms with Crippen LogP contribution >= 0.6 is 11.3 Å². The highest BCUT2D eigenvalue weighted by Crippen LogP contribution is 2.26. The van der Waals surface area contributed by atoms with Crippen LogP contribution in [0.4, 0.5) is 9.52 Å². The van der Waals surface area contributed by atoms with Crippen LogP contribution in [0.25, 0.3) is 0 Å². The van der Waals surface area contributed by atoms with Crippen LogP contribution in [0, 0.1) is 5.82 Å². The van der Waals surface area contributed by atoms with Crippen molar-refractivity contribution in [1.29, 1.82) is 0 Å². The van der Waals surface area contributed by atoms with Crippen LogP contribution in [0.5, 0.6) is 0 Å². The van der Waals surface area contributed by atoms with Gasteiger partial charge in [0.05, 0.1) is 5.69 Å². The molecule has 0 spiro atoms. The Morgan fingerprint density at radius 2 is 2.43 bits per heavy atom. The molecule has 2 N–H and O–H groups in total. The molecule has 0 aliphatic carbocycles. The fourth-order valence-corrected chi connectivity index (χ4v) is 3.52. The Labute approximate surface area is 138 Å². The molecule has 2 aromatic rings. The number of anilines is 1. The number of nitrogens with zero attached hydrogens (tertiary/aromatic N) is 2. The highest BCUT2D eigenvalue weighted by Gasteiger charge is 2.24. The van der Waals surface area contributed by atoms with Crippen LogP contribution in [-0.4, -0.2) is 35.4 Å². The van der Waals surface area contributed by atoms with Gasteiger partial charge in [0.2, 0.25) is 5.91 Å².